The Kier molecular flexibility index (Phi) is 8.36. The molecule has 32 heavy (non-hydrogen) atoms. The lowest BCUT2D eigenvalue weighted by molar-refractivity contribution is -0.126. The number of halogens is 2. The fourth-order valence-corrected chi connectivity index (χ4v) is 3.88. The number of phenolic OH excluding ortho intramolecular Hbond substituents is 1. The third kappa shape index (κ3) is 6.37. The van der Waals surface area contributed by atoms with Gasteiger partial charge in [0.15, 0.2) is 0 Å². The molecule has 9 heteroatoms. The van der Waals surface area contributed by atoms with Crippen molar-refractivity contribution in [3.8, 4) is 5.75 Å². The summed E-state index contributed by atoms with van der Waals surface area (Å²) in [6.45, 7) is 1.74. The number of aromatic hydroxyl groups is 1. The molecule has 1 heterocycles. The van der Waals surface area contributed by atoms with Crippen molar-refractivity contribution < 1.29 is 19.5 Å². The Balaban J connectivity index is 1.41. The first-order valence-corrected chi connectivity index (χ1v) is 11.2. The zero-order chi connectivity index (χ0) is 23.1. The summed E-state index contributed by atoms with van der Waals surface area (Å²) in [4.78, 5) is 39.0. The number of rotatable bonds is 7. The molecule has 0 radical (unpaired) electrons. The van der Waals surface area contributed by atoms with Gasteiger partial charge in [0.1, 0.15) is 5.75 Å². The Bertz CT molecular complexity index is 999. The van der Waals surface area contributed by atoms with Crippen LogP contribution in [0.1, 0.15) is 40.0 Å². The second-order valence-corrected chi connectivity index (χ2v) is 8.48. The highest BCUT2D eigenvalue weighted by molar-refractivity contribution is 6.42. The van der Waals surface area contributed by atoms with Gasteiger partial charge in [-0.05, 0) is 55.7 Å². The highest BCUT2D eigenvalue weighted by Gasteiger charge is 2.29. The third-order valence-electron chi connectivity index (χ3n) is 5.29. The van der Waals surface area contributed by atoms with E-state index in [0.717, 1.165) is 6.42 Å². The van der Waals surface area contributed by atoms with Crippen LogP contribution in [0.4, 0.5) is 0 Å². The molecule has 0 saturated carbocycles. The van der Waals surface area contributed by atoms with Crippen molar-refractivity contribution in [3.63, 3.8) is 0 Å². The lowest BCUT2D eigenvalue weighted by Crippen LogP contribution is -2.45. The lowest BCUT2D eigenvalue weighted by Gasteiger charge is -2.32. The van der Waals surface area contributed by atoms with Gasteiger partial charge in [-0.1, -0.05) is 29.3 Å². The first kappa shape index (κ1) is 23.9. The zero-order valence-electron chi connectivity index (χ0n) is 17.4. The average Bonchev–Trinajstić information content (AvgIpc) is 2.80. The van der Waals surface area contributed by atoms with Crippen molar-refractivity contribution in [1.29, 1.82) is 0 Å². The predicted octanol–water partition coefficient (Wildman–Crippen LogP) is 3.49. The van der Waals surface area contributed by atoms with Gasteiger partial charge in [-0.15, -0.1) is 0 Å². The summed E-state index contributed by atoms with van der Waals surface area (Å²) in [7, 11) is 0. The molecule has 1 fully saturated rings. The normalized spacial score (nSPS) is 15.8. The van der Waals surface area contributed by atoms with Crippen LogP contribution in [-0.4, -0.2) is 53.9 Å². The fourth-order valence-electron chi connectivity index (χ4n) is 3.58. The summed E-state index contributed by atoms with van der Waals surface area (Å²) in [5.41, 5.74) is 0.825. The van der Waals surface area contributed by atoms with Crippen LogP contribution in [0.5, 0.6) is 5.75 Å². The number of nitrogens with one attached hydrogen (secondary N) is 2. The molecule has 1 saturated heterocycles. The lowest BCUT2D eigenvalue weighted by atomic mass is 9.96. The standard InChI is InChI=1S/C23H25Cl2N3O4/c24-19-8-7-16(13-20(19)25)23(32)28-11-2-5-17(14-28)22(31)27-10-3-9-26-21(30)15-4-1-6-18(29)12-15/h1,4,6-8,12-13,17,29H,2-3,5,9-11,14H2,(H,26,30)(H,27,31). The van der Waals surface area contributed by atoms with E-state index in [1.807, 2.05) is 0 Å². The van der Waals surface area contributed by atoms with Crippen LogP contribution < -0.4 is 10.6 Å². The maximum absolute atomic E-state index is 12.8. The van der Waals surface area contributed by atoms with Crippen molar-refractivity contribution in [2.24, 2.45) is 5.92 Å². The summed E-state index contributed by atoms with van der Waals surface area (Å²) in [6, 6.07) is 10.9. The van der Waals surface area contributed by atoms with E-state index in [1.165, 1.54) is 12.1 Å². The maximum atomic E-state index is 12.8. The van der Waals surface area contributed by atoms with Gasteiger partial charge < -0.3 is 20.6 Å². The van der Waals surface area contributed by atoms with Gasteiger partial charge in [0.25, 0.3) is 11.8 Å². The molecule has 1 aliphatic heterocycles. The Morgan fingerprint density at radius 3 is 2.53 bits per heavy atom. The van der Waals surface area contributed by atoms with E-state index >= 15 is 0 Å². The molecule has 2 aromatic rings. The van der Waals surface area contributed by atoms with Gasteiger partial charge in [0, 0.05) is 37.3 Å². The topological polar surface area (TPSA) is 98.7 Å². The highest BCUT2D eigenvalue weighted by atomic mass is 35.5. The number of piperidine rings is 1. The van der Waals surface area contributed by atoms with Crippen LogP contribution in [0.15, 0.2) is 42.5 Å². The van der Waals surface area contributed by atoms with Crippen LogP contribution in [0.2, 0.25) is 10.0 Å². The number of hydrogen-bond acceptors (Lipinski definition) is 4. The zero-order valence-corrected chi connectivity index (χ0v) is 19.0. The van der Waals surface area contributed by atoms with Crippen molar-refractivity contribution in [2.75, 3.05) is 26.2 Å². The molecule has 3 N–H and O–H groups in total. The van der Waals surface area contributed by atoms with Crippen LogP contribution in [0.25, 0.3) is 0 Å². The number of likely N-dealkylation sites (tertiary alicyclic amines) is 1. The Labute approximate surface area is 196 Å². The van der Waals surface area contributed by atoms with Crippen LogP contribution in [0, 0.1) is 5.92 Å². The summed E-state index contributed by atoms with van der Waals surface area (Å²) in [6.07, 6.45) is 2.02. The summed E-state index contributed by atoms with van der Waals surface area (Å²) < 4.78 is 0. The number of phenols is 1. The van der Waals surface area contributed by atoms with E-state index in [2.05, 4.69) is 10.6 Å². The quantitative estimate of drug-likeness (QED) is 0.531. The Hall–Kier alpha value is -2.77. The molecule has 1 aliphatic rings. The van der Waals surface area contributed by atoms with Crippen molar-refractivity contribution in [2.45, 2.75) is 19.3 Å². The molecule has 0 aliphatic carbocycles. The van der Waals surface area contributed by atoms with Gasteiger partial charge >= 0.3 is 0 Å². The number of benzene rings is 2. The van der Waals surface area contributed by atoms with Gasteiger partial charge in [-0.25, -0.2) is 0 Å². The number of amides is 3. The molecule has 1 atom stereocenters. The molecular formula is C23H25Cl2N3O4. The minimum absolute atomic E-state index is 0.0316. The molecule has 170 valence electrons. The molecule has 3 amide bonds. The van der Waals surface area contributed by atoms with Gasteiger partial charge in [-0.3, -0.25) is 14.4 Å². The van der Waals surface area contributed by atoms with E-state index in [-0.39, 0.29) is 29.4 Å². The van der Waals surface area contributed by atoms with E-state index in [1.54, 1.807) is 35.2 Å². The van der Waals surface area contributed by atoms with Crippen molar-refractivity contribution >= 4 is 40.9 Å². The van der Waals surface area contributed by atoms with E-state index < -0.39 is 0 Å². The van der Waals surface area contributed by atoms with Crippen LogP contribution in [0.3, 0.4) is 0 Å². The molecule has 1 unspecified atom stereocenters. The highest BCUT2D eigenvalue weighted by Crippen LogP contribution is 2.25. The van der Waals surface area contributed by atoms with Crippen molar-refractivity contribution in [1.82, 2.24) is 15.5 Å². The second-order valence-electron chi connectivity index (χ2n) is 7.67. The first-order valence-electron chi connectivity index (χ1n) is 10.4. The predicted molar refractivity (Wildman–Crippen MR) is 123 cm³/mol. The maximum Gasteiger partial charge on any atom is 0.253 e. The Morgan fingerprint density at radius 2 is 1.78 bits per heavy atom. The molecule has 0 spiro atoms. The second kappa shape index (κ2) is 11.2. The number of carbonyl (C=O) groups is 3. The smallest absolute Gasteiger partial charge is 0.253 e. The average molecular weight is 478 g/mol. The summed E-state index contributed by atoms with van der Waals surface area (Å²) in [5.74, 6) is -0.802. The van der Waals surface area contributed by atoms with Crippen LogP contribution in [-0.2, 0) is 4.79 Å². The fraction of sp³-hybridized carbons (Fsp3) is 0.348. The number of carbonyl (C=O) groups excluding carboxylic acids is 3. The first-order chi connectivity index (χ1) is 15.3. The van der Waals surface area contributed by atoms with Gasteiger partial charge in [-0.2, -0.15) is 0 Å². The van der Waals surface area contributed by atoms with Crippen molar-refractivity contribution in [3.05, 3.63) is 63.6 Å². The minimum atomic E-state index is -0.282. The summed E-state index contributed by atoms with van der Waals surface area (Å²) in [5, 5.41) is 15.8. The number of nitrogens with zero attached hydrogens (tertiary/aromatic N) is 1. The van der Waals surface area contributed by atoms with E-state index in [4.69, 9.17) is 23.2 Å². The Morgan fingerprint density at radius 1 is 1.00 bits per heavy atom. The SMILES string of the molecule is O=C(NCCCNC(=O)C1CCCN(C(=O)c2ccc(Cl)c(Cl)c2)C1)c1cccc(O)c1. The summed E-state index contributed by atoms with van der Waals surface area (Å²) >= 11 is 11.9. The molecule has 0 aromatic heterocycles. The van der Waals surface area contributed by atoms with Gasteiger partial charge in [0.05, 0.1) is 16.0 Å². The minimum Gasteiger partial charge on any atom is -0.508 e. The van der Waals surface area contributed by atoms with Gasteiger partial charge in [0.2, 0.25) is 5.91 Å². The monoisotopic (exact) mass is 477 g/mol. The molecule has 3 rings (SSSR count). The molecule has 7 nitrogen and oxygen atoms in total. The third-order valence-corrected chi connectivity index (χ3v) is 6.03. The largest absolute Gasteiger partial charge is 0.508 e. The van der Waals surface area contributed by atoms with E-state index in [9.17, 15) is 19.5 Å². The van der Waals surface area contributed by atoms with E-state index in [0.29, 0.717) is 60.2 Å². The molecular weight excluding hydrogens is 453 g/mol. The molecule has 2 aromatic carbocycles. The van der Waals surface area contributed by atoms with Crippen LogP contribution >= 0.6 is 23.2 Å². The molecule has 0 bridgehead atoms. The number of hydrogen-bond donors (Lipinski definition) is 3.